The minimum Gasteiger partial charge on any atom is -0.373 e. The topological polar surface area (TPSA) is 9.23 Å². The minimum absolute atomic E-state index is 0.627. The molecule has 0 unspecified atom stereocenters. The molecule has 2 fully saturated rings. The molecule has 36 heavy (non-hydrogen) atoms. The van der Waals surface area contributed by atoms with Crippen LogP contribution in [-0.4, -0.2) is 6.61 Å². The van der Waals surface area contributed by atoms with Crippen LogP contribution in [-0.2, 0) is 17.8 Å². The van der Waals surface area contributed by atoms with Gasteiger partial charge in [-0.3, -0.25) is 0 Å². The zero-order chi connectivity index (χ0) is 25.3. The summed E-state index contributed by atoms with van der Waals surface area (Å²) in [5, 5.41) is 0. The van der Waals surface area contributed by atoms with Gasteiger partial charge in [-0.1, -0.05) is 120 Å². The molecule has 0 amide bonds. The Hall–Kier alpha value is -1.34. The van der Waals surface area contributed by atoms with Crippen LogP contribution >= 0.6 is 0 Å². The fourth-order valence-corrected chi connectivity index (χ4v) is 6.62. The maximum Gasteiger partial charge on any atom is 0.0721 e. The predicted octanol–water partition coefficient (Wildman–Crippen LogP) is 10.6. The van der Waals surface area contributed by atoms with Crippen molar-refractivity contribution in [3.63, 3.8) is 0 Å². The second kappa shape index (κ2) is 18.0. The molecule has 1 nitrogen and oxygen atoms in total. The van der Waals surface area contributed by atoms with E-state index < -0.39 is 0 Å². The van der Waals surface area contributed by atoms with Gasteiger partial charge >= 0.3 is 0 Å². The lowest BCUT2D eigenvalue weighted by atomic mass is 9.77. The number of rotatable bonds is 17. The van der Waals surface area contributed by atoms with E-state index in [2.05, 4.69) is 49.9 Å². The van der Waals surface area contributed by atoms with Crippen LogP contribution in [0, 0.1) is 23.7 Å². The molecule has 0 radical (unpaired) electrons. The van der Waals surface area contributed by atoms with Crippen molar-refractivity contribution in [2.45, 2.75) is 129 Å². The molecule has 2 aliphatic carbocycles. The van der Waals surface area contributed by atoms with Crippen LogP contribution in [0.2, 0.25) is 0 Å². The van der Waals surface area contributed by atoms with Gasteiger partial charge in [-0.2, -0.15) is 0 Å². The van der Waals surface area contributed by atoms with E-state index in [0.29, 0.717) is 13.2 Å². The second-order valence-electron chi connectivity index (χ2n) is 12.0. The Kier molecular flexibility index (Phi) is 14.6. The van der Waals surface area contributed by atoms with Crippen molar-refractivity contribution < 1.29 is 4.74 Å². The summed E-state index contributed by atoms with van der Waals surface area (Å²) in [7, 11) is 0. The van der Waals surface area contributed by atoms with Crippen LogP contribution in [0.25, 0.3) is 0 Å². The van der Waals surface area contributed by atoms with Gasteiger partial charge in [-0.15, -0.1) is 6.58 Å². The molecule has 0 atom stereocenters. The Labute approximate surface area is 224 Å². The molecule has 2 aliphatic rings. The smallest absolute Gasteiger partial charge is 0.0721 e. The largest absolute Gasteiger partial charge is 0.373 e. The van der Waals surface area contributed by atoms with Gasteiger partial charge in [0.1, 0.15) is 0 Å². The van der Waals surface area contributed by atoms with Crippen LogP contribution in [0.4, 0.5) is 0 Å². The maximum atomic E-state index is 5.53. The molecule has 0 spiro atoms. The molecule has 1 aromatic carbocycles. The fraction of sp³-hybridized carbons (Fsp3) is 0.714. The lowest BCUT2D eigenvalue weighted by molar-refractivity contribution is 0.149. The molecule has 0 bridgehead atoms. The number of hydrogen-bond acceptors (Lipinski definition) is 1. The third kappa shape index (κ3) is 11.8. The summed E-state index contributed by atoms with van der Waals surface area (Å²) in [6.07, 6.45) is 32.6. The van der Waals surface area contributed by atoms with Crippen LogP contribution < -0.4 is 0 Å². The molecule has 0 aromatic heterocycles. The highest BCUT2D eigenvalue weighted by atomic mass is 16.5. The highest BCUT2D eigenvalue weighted by molar-refractivity contribution is 5.22. The van der Waals surface area contributed by atoms with Gasteiger partial charge in [0, 0.05) is 0 Å². The van der Waals surface area contributed by atoms with E-state index in [1.165, 1.54) is 127 Å². The Morgan fingerprint density at radius 1 is 0.750 bits per heavy atom. The van der Waals surface area contributed by atoms with E-state index in [4.69, 9.17) is 4.74 Å². The summed E-state index contributed by atoms with van der Waals surface area (Å²) in [6.45, 7) is 7.29. The molecular formula is C35H56O. The average molecular weight is 493 g/mol. The number of allylic oxidation sites excluding steroid dienone is 2. The van der Waals surface area contributed by atoms with Crippen LogP contribution in [0.1, 0.15) is 127 Å². The van der Waals surface area contributed by atoms with E-state index in [0.717, 1.165) is 23.7 Å². The summed E-state index contributed by atoms with van der Waals surface area (Å²) in [5.41, 5.74) is 2.73. The number of hydrogen-bond donors (Lipinski definition) is 0. The standard InChI is InChI=1S/C35H56O/c1-3-5-6-11-30-16-18-31(19-17-30)12-7-8-13-32-20-22-33(23-21-32)14-9-10-15-34-24-26-35(27-25-34)29-36-28-4-2/h4,6,11,24-27,30-33H,2-3,5,7-10,12-23,28-29H2,1H3. The average Bonchev–Trinajstić information content (AvgIpc) is 2.92. The second-order valence-corrected chi connectivity index (χ2v) is 12.0. The van der Waals surface area contributed by atoms with Gasteiger partial charge in [0.05, 0.1) is 13.2 Å². The van der Waals surface area contributed by atoms with E-state index >= 15 is 0 Å². The van der Waals surface area contributed by atoms with E-state index in [1.807, 2.05) is 0 Å². The molecule has 2 saturated carbocycles. The highest BCUT2D eigenvalue weighted by Gasteiger charge is 2.22. The zero-order valence-electron chi connectivity index (χ0n) is 23.6. The van der Waals surface area contributed by atoms with Gasteiger partial charge in [-0.25, -0.2) is 0 Å². The van der Waals surface area contributed by atoms with Crippen LogP contribution in [0.3, 0.4) is 0 Å². The highest BCUT2D eigenvalue weighted by Crippen LogP contribution is 2.36. The molecule has 1 heteroatoms. The fourth-order valence-electron chi connectivity index (χ4n) is 6.62. The van der Waals surface area contributed by atoms with E-state index in [1.54, 1.807) is 6.08 Å². The van der Waals surface area contributed by atoms with Crippen molar-refractivity contribution in [2.75, 3.05) is 6.61 Å². The molecule has 1 aromatic rings. The third-order valence-corrected chi connectivity index (χ3v) is 9.05. The molecular weight excluding hydrogens is 436 g/mol. The SMILES string of the molecule is C=CCOCc1ccc(CCCCC2CCC(CCCCC3CCC(C=CCCC)CC3)CC2)cc1. The molecule has 0 saturated heterocycles. The summed E-state index contributed by atoms with van der Waals surface area (Å²) in [5.74, 6) is 3.97. The van der Waals surface area contributed by atoms with Crippen molar-refractivity contribution in [3.05, 3.63) is 60.2 Å². The molecule has 202 valence electrons. The summed E-state index contributed by atoms with van der Waals surface area (Å²) in [4.78, 5) is 0. The van der Waals surface area contributed by atoms with E-state index in [9.17, 15) is 0 Å². The number of benzene rings is 1. The van der Waals surface area contributed by atoms with E-state index in [-0.39, 0.29) is 0 Å². The number of aryl methyl sites for hydroxylation is 1. The van der Waals surface area contributed by atoms with Crippen molar-refractivity contribution in [1.82, 2.24) is 0 Å². The van der Waals surface area contributed by atoms with Gasteiger partial charge in [0.15, 0.2) is 0 Å². The zero-order valence-corrected chi connectivity index (χ0v) is 23.6. The van der Waals surface area contributed by atoms with Crippen molar-refractivity contribution in [3.8, 4) is 0 Å². The lowest BCUT2D eigenvalue weighted by Gasteiger charge is -2.29. The van der Waals surface area contributed by atoms with Gasteiger partial charge in [-0.05, 0) is 79.7 Å². The minimum atomic E-state index is 0.627. The van der Waals surface area contributed by atoms with Crippen molar-refractivity contribution in [2.24, 2.45) is 23.7 Å². The van der Waals surface area contributed by atoms with Crippen LogP contribution in [0.15, 0.2) is 49.1 Å². The third-order valence-electron chi connectivity index (χ3n) is 9.05. The van der Waals surface area contributed by atoms with Crippen molar-refractivity contribution >= 4 is 0 Å². The monoisotopic (exact) mass is 492 g/mol. The van der Waals surface area contributed by atoms with Gasteiger partial charge in [0.2, 0.25) is 0 Å². The number of unbranched alkanes of at least 4 members (excludes halogenated alkanes) is 3. The summed E-state index contributed by atoms with van der Waals surface area (Å²) >= 11 is 0. The Balaban J connectivity index is 1.16. The number of ether oxygens (including phenoxy) is 1. The quantitative estimate of drug-likeness (QED) is 0.155. The van der Waals surface area contributed by atoms with Gasteiger partial charge in [0.25, 0.3) is 0 Å². The van der Waals surface area contributed by atoms with Crippen molar-refractivity contribution in [1.29, 1.82) is 0 Å². The predicted molar refractivity (Wildman–Crippen MR) is 157 cm³/mol. The van der Waals surface area contributed by atoms with Gasteiger partial charge < -0.3 is 4.74 Å². The molecule has 3 rings (SSSR count). The Bertz CT molecular complexity index is 701. The first-order chi connectivity index (χ1) is 17.8. The molecule has 0 aliphatic heterocycles. The first-order valence-electron chi connectivity index (χ1n) is 15.7. The molecule has 0 heterocycles. The Morgan fingerprint density at radius 2 is 1.28 bits per heavy atom. The summed E-state index contributed by atoms with van der Waals surface area (Å²) < 4.78 is 5.53. The van der Waals surface area contributed by atoms with Crippen LogP contribution in [0.5, 0.6) is 0 Å². The first-order valence-corrected chi connectivity index (χ1v) is 15.7. The molecule has 0 N–H and O–H groups in total. The summed E-state index contributed by atoms with van der Waals surface area (Å²) in [6, 6.07) is 9.01. The maximum absolute atomic E-state index is 5.53. The normalized spacial score (nSPS) is 24.8. The Morgan fingerprint density at radius 3 is 1.83 bits per heavy atom. The first kappa shape index (κ1) is 29.2. The lowest BCUT2D eigenvalue weighted by Crippen LogP contribution is -2.15.